The van der Waals surface area contributed by atoms with Crippen LogP contribution in [0.4, 0.5) is 5.69 Å². The Morgan fingerprint density at radius 2 is 2.21 bits per heavy atom. The van der Waals surface area contributed by atoms with Crippen LogP contribution in [0.5, 0.6) is 0 Å². The monoisotopic (exact) mass is 253 g/mol. The van der Waals surface area contributed by atoms with Gasteiger partial charge in [-0.25, -0.2) is 0 Å². The summed E-state index contributed by atoms with van der Waals surface area (Å²) in [6.45, 7) is 1.21. The Bertz CT molecular complexity index is 582. The lowest BCUT2D eigenvalue weighted by Gasteiger charge is -2.44. The van der Waals surface area contributed by atoms with E-state index in [2.05, 4.69) is 39.9 Å². The van der Waals surface area contributed by atoms with E-state index in [4.69, 9.17) is 0 Å². The molecule has 1 aliphatic carbocycles. The highest BCUT2D eigenvalue weighted by molar-refractivity contribution is 5.93. The molecule has 3 fully saturated rings. The molecular formula is C16H19N3. The molecule has 3 heterocycles. The Morgan fingerprint density at radius 1 is 1.21 bits per heavy atom. The predicted molar refractivity (Wildman–Crippen MR) is 78.3 cm³/mol. The zero-order valence-corrected chi connectivity index (χ0v) is 11.0. The van der Waals surface area contributed by atoms with Crippen LogP contribution in [0, 0.1) is 5.92 Å². The highest BCUT2D eigenvalue weighted by Gasteiger charge is 2.35. The first-order valence-corrected chi connectivity index (χ1v) is 7.23. The fraction of sp³-hybridized carbons (Fsp3) is 0.438. The van der Waals surface area contributed by atoms with E-state index in [1.807, 2.05) is 12.4 Å². The average Bonchev–Trinajstić information content (AvgIpc) is 2.49. The summed E-state index contributed by atoms with van der Waals surface area (Å²) in [5, 5.41) is 9.91. The van der Waals surface area contributed by atoms with E-state index in [1.54, 1.807) is 0 Å². The lowest BCUT2D eigenvalue weighted by atomic mass is 9.78. The summed E-state index contributed by atoms with van der Waals surface area (Å²) in [7, 11) is 0. The van der Waals surface area contributed by atoms with Crippen molar-refractivity contribution in [2.75, 3.05) is 11.9 Å². The van der Waals surface area contributed by atoms with Gasteiger partial charge in [-0.05, 0) is 43.9 Å². The highest BCUT2D eigenvalue weighted by atomic mass is 15.1. The van der Waals surface area contributed by atoms with Crippen molar-refractivity contribution in [3.8, 4) is 0 Å². The molecule has 2 aliphatic heterocycles. The number of pyridine rings is 1. The summed E-state index contributed by atoms with van der Waals surface area (Å²) in [4.78, 5) is 4.20. The molecular weight excluding hydrogens is 234 g/mol. The van der Waals surface area contributed by atoms with Gasteiger partial charge in [0.05, 0.1) is 0 Å². The Hall–Kier alpha value is -1.61. The Balaban J connectivity index is 1.65. The van der Waals surface area contributed by atoms with Crippen LogP contribution in [-0.2, 0) is 0 Å². The maximum atomic E-state index is 4.20. The Morgan fingerprint density at radius 3 is 3.00 bits per heavy atom. The van der Waals surface area contributed by atoms with Gasteiger partial charge in [0.2, 0.25) is 0 Å². The molecule has 2 N–H and O–H groups in total. The molecule has 3 atom stereocenters. The van der Waals surface area contributed by atoms with Crippen LogP contribution in [0.3, 0.4) is 0 Å². The molecule has 0 radical (unpaired) electrons. The van der Waals surface area contributed by atoms with Gasteiger partial charge in [0, 0.05) is 40.9 Å². The quantitative estimate of drug-likeness (QED) is 0.864. The van der Waals surface area contributed by atoms with Gasteiger partial charge >= 0.3 is 0 Å². The number of piperidine rings is 2. The SMILES string of the molecule is c1cc(NC2CC3CCC2NC3)c2ccncc2c1. The number of fused-ring (bicyclic) bond motifs is 4. The smallest absolute Gasteiger partial charge is 0.0423 e. The molecule has 1 saturated carbocycles. The molecule has 5 rings (SSSR count). The first-order valence-electron chi connectivity index (χ1n) is 7.23. The number of hydrogen-bond acceptors (Lipinski definition) is 3. The first kappa shape index (κ1) is 11.2. The van der Waals surface area contributed by atoms with Crippen molar-refractivity contribution < 1.29 is 0 Å². The van der Waals surface area contributed by atoms with Crippen LogP contribution in [0.25, 0.3) is 10.8 Å². The minimum absolute atomic E-state index is 0.575. The molecule has 2 aromatic rings. The van der Waals surface area contributed by atoms with Crippen LogP contribution in [0.2, 0.25) is 0 Å². The van der Waals surface area contributed by atoms with Gasteiger partial charge < -0.3 is 10.6 Å². The third kappa shape index (κ3) is 1.98. The molecule has 3 nitrogen and oxygen atoms in total. The van der Waals surface area contributed by atoms with Crippen molar-refractivity contribution in [3.05, 3.63) is 36.7 Å². The first-order chi connectivity index (χ1) is 9.40. The van der Waals surface area contributed by atoms with E-state index in [0.29, 0.717) is 12.1 Å². The molecule has 2 bridgehead atoms. The van der Waals surface area contributed by atoms with Gasteiger partial charge in [-0.15, -0.1) is 0 Å². The van der Waals surface area contributed by atoms with Crippen molar-refractivity contribution in [2.24, 2.45) is 5.92 Å². The molecule has 3 unspecified atom stereocenters. The van der Waals surface area contributed by atoms with E-state index < -0.39 is 0 Å². The van der Waals surface area contributed by atoms with Gasteiger partial charge in [0.1, 0.15) is 0 Å². The number of aromatic nitrogens is 1. The molecule has 0 spiro atoms. The fourth-order valence-electron chi connectivity index (χ4n) is 3.61. The van der Waals surface area contributed by atoms with E-state index in [-0.39, 0.29) is 0 Å². The highest BCUT2D eigenvalue weighted by Crippen LogP contribution is 2.32. The molecule has 1 aromatic carbocycles. The van der Waals surface area contributed by atoms with Gasteiger partial charge in [-0.3, -0.25) is 4.98 Å². The summed E-state index contributed by atoms with van der Waals surface area (Å²) < 4.78 is 0. The van der Waals surface area contributed by atoms with Crippen LogP contribution >= 0.6 is 0 Å². The molecule has 2 saturated heterocycles. The molecule has 0 amide bonds. The molecule has 98 valence electrons. The molecule has 3 aliphatic rings. The van der Waals surface area contributed by atoms with Gasteiger partial charge in [-0.2, -0.15) is 0 Å². The average molecular weight is 253 g/mol. The van der Waals surface area contributed by atoms with Crippen molar-refractivity contribution in [1.29, 1.82) is 0 Å². The summed E-state index contributed by atoms with van der Waals surface area (Å²) in [5.74, 6) is 0.860. The van der Waals surface area contributed by atoms with E-state index >= 15 is 0 Å². The van der Waals surface area contributed by atoms with Crippen molar-refractivity contribution >= 4 is 16.5 Å². The zero-order chi connectivity index (χ0) is 12.7. The number of nitrogens with one attached hydrogen (secondary N) is 2. The normalized spacial score (nSPS) is 29.6. The van der Waals surface area contributed by atoms with Gasteiger partial charge in [0.15, 0.2) is 0 Å². The number of hydrogen-bond donors (Lipinski definition) is 2. The summed E-state index contributed by atoms with van der Waals surface area (Å²) >= 11 is 0. The molecule has 3 heteroatoms. The zero-order valence-electron chi connectivity index (χ0n) is 11.0. The van der Waals surface area contributed by atoms with Crippen molar-refractivity contribution in [3.63, 3.8) is 0 Å². The van der Waals surface area contributed by atoms with E-state index in [0.717, 1.165) is 5.92 Å². The van der Waals surface area contributed by atoms with Gasteiger partial charge in [0.25, 0.3) is 0 Å². The summed E-state index contributed by atoms with van der Waals surface area (Å²) in [6, 6.07) is 9.74. The third-order valence-electron chi connectivity index (χ3n) is 4.65. The van der Waals surface area contributed by atoms with Crippen LogP contribution in [0.1, 0.15) is 19.3 Å². The second-order valence-corrected chi connectivity index (χ2v) is 5.85. The number of nitrogens with zero attached hydrogens (tertiary/aromatic N) is 1. The predicted octanol–water partition coefficient (Wildman–Crippen LogP) is 2.79. The summed E-state index contributed by atoms with van der Waals surface area (Å²) in [5.41, 5.74) is 1.25. The van der Waals surface area contributed by atoms with Crippen molar-refractivity contribution in [1.82, 2.24) is 10.3 Å². The topological polar surface area (TPSA) is 37.0 Å². The minimum Gasteiger partial charge on any atom is -0.380 e. The van der Waals surface area contributed by atoms with Crippen LogP contribution in [0.15, 0.2) is 36.7 Å². The number of benzene rings is 1. The molecule has 19 heavy (non-hydrogen) atoms. The Labute approximate surface area is 113 Å². The maximum absolute atomic E-state index is 4.20. The standard InChI is InChI=1S/C16H19N3/c1-2-12-10-17-7-6-13(12)14(3-1)19-16-8-11-4-5-15(16)18-9-11/h1-3,6-7,10-11,15-16,18-19H,4-5,8-9H2. The lowest BCUT2D eigenvalue weighted by molar-refractivity contribution is 0.195. The second-order valence-electron chi connectivity index (χ2n) is 5.85. The number of anilines is 1. The van der Waals surface area contributed by atoms with Gasteiger partial charge in [-0.1, -0.05) is 12.1 Å². The fourth-order valence-corrected chi connectivity index (χ4v) is 3.61. The van der Waals surface area contributed by atoms with Crippen LogP contribution in [-0.4, -0.2) is 23.6 Å². The third-order valence-corrected chi connectivity index (χ3v) is 4.65. The van der Waals surface area contributed by atoms with E-state index in [1.165, 1.54) is 42.3 Å². The number of rotatable bonds is 2. The second kappa shape index (κ2) is 4.49. The maximum Gasteiger partial charge on any atom is 0.0423 e. The Kier molecular flexibility index (Phi) is 2.66. The van der Waals surface area contributed by atoms with Crippen LogP contribution < -0.4 is 10.6 Å². The lowest BCUT2D eigenvalue weighted by Crippen LogP contribution is -2.55. The van der Waals surface area contributed by atoms with Crippen molar-refractivity contribution in [2.45, 2.75) is 31.3 Å². The summed E-state index contributed by atoms with van der Waals surface area (Å²) in [6.07, 6.45) is 7.83. The minimum atomic E-state index is 0.575. The van der Waals surface area contributed by atoms with E-state index in [9.17, 15) is 0 Å². The largest absolute Gasteiger partial charge is 0.380 e. The molecule has 1 aromatic heterocycles.